The predicted octanol–water partition coefficient (Wildman–Crippen LogP) is 1.49. The molecule has 0 fully saturated rings. The molecule has 1 aromatic carbocycles. The van der Waals surface area contributed by atoms with Crippen LogP contribution in [0.15, 0.2) is 18.2 Å². The van der Waals surface area contributed by atoms with E-state index >= 15 is 0 Å². The summed E-state index contributed by atoms with van der Waals surface area (Å²) in [5.41, 5.74) is 4.86. The molecule has 2 N–H and O–H groups in total. The fourth-order valence-electron chi connectivity index (χ4n) is 1.62. The van der Waals surface area contributed by atoms with Crippen molar-refractivity contribution in [3.05, 3.63) is 44.0 Å². The van der Waals surface area contributed by atoms with Crippen LogP contribution in [-0.4, -0.2) is 25.9 Å². The SMILES string of the molecule is CC(CCN)S(=O)Cc1ccc([N+](=O)[O-])cc1[N+](=O)[O-]. The van der Waals surface area contributed by atoms with Crippen LogP contribution in [0, 0.1) is 20.2 Å². The van der Waals surface area contributed by atoms with Crippen molar-refractivity contribution in [1.29, 1.82) is 0 Å². The molecule has 2 atom stereocenters. The van der Waals surface area contributed by atoms with Crippen LogP contribution < -0.4 is 5.73 Å². The molecule has 0 saturated heterocycles. The third-order valence-electron chi connectivity index (χ3n) is 2.80. The first-order valence-corrected chi connectivity index (χ1v) is 7.24. The molecule has 110 valence electrons. The molecule has 1 aromatic rings. The van der Waals surface area contributed by atoms with Crippen LogP contribution in [0.2, 0.25) is 0 Å². The topological polar surface area (TPSA) is 129 Å². The second kappa shape index (κ2) is 7.06. The van der Waals surface area contributed by atoms with E-state index in [4.69, 9.17) is 5.73 Å². The van der Waals surface area contributed by atoms with Crippen molar-refractivity contribution in [2.24, 2.45) is 5.73 Å². The van der Waals surface area contributed by atoms with Crippen molar-refractivity contribution in [2.75, 3.05) is 6.54 Å². The molecule has 8 nitrogen and oxygen atoms in total. The van der Waals surface area contributed by atoms with Crippen molar-refractivity contribution in [3.63, 3.8) is 0 Å². The zero-order valence-corrected chi connectivity index (χ0v) is 11.7. The highest BCUT2D eigenvalue weighted by atomic mass is 32.2. The Labute approximate surface area is 117 Å². The lowest BCUT2D eigenvalue weighted by Gasteiger charge is -2.10. The Hall–Kier alpha value is -1.87. The van der Waals surface area contributed by atoms with Gasteiger partial charge in [-0.25, -0.2) is 0 Å². The van der Waals surface area contributed by atoms with E-state index in [1.165, 1.54) is 12.1 Å². The summed E-state index contributed by atoms with van der Waals surface area (Å²) in [4.78, 5) is 20.1. The van der Waals surface area contributed by atoms with Gasteiger partial charge in [0.15, 0.2) is 0 Å². The number of benzene rings is 1. The predicted molar refractivity (Wildman–Crippen MR) is 74.7 cm³/mol. The molecule has 1 rings (SSSR count). The molecule has 9 heteroatoms. The second-order valence-electron chi connectivity index (χ2n) is 4.24. The zero-order chi connectivity index (χ0) is 15.3. The lowest BCUT2D eigenvalue weighted by Crippen LogP contribution is -2.17. The number of hydrogen-bond donors (Lipinski definition) is 1. The Morgan fingerprint density at radius 1 is 1.30 bits per heavy atom. The average Bonchev–Trinajstić information content (AvgIpc) is 2.38. The molecule has 0 heterocycles. The van der Waals surface area contributed by atoms with Gasteiger partial charge >= 0.3 is 0 Å². The third-order valence-corrected chi connectivity index (χ3v) is 4.52. The summed E-state index contributed by atoms with van der Waals surface area (Å²) in [5, 5.41) is 21.4. The Morgan fingerprint density at radius 3 is 2.45 bits per heavy atom. The Balaban J connectivity index is 3.03. The molecule has 0 aliphatic carbocycles. The molecule has 0 aromatic heterocycles. The van der Waals surface area contributed by atoms with Gasteiger partial charge in [0, 0.05) is 27.7 Å². The van der Waals surface area contributed by atoms with Crippen molar-refractivity contribution < 1.29 is 14.1 Å². The van der Waals surface area contributed by atoms with E-state index in [9.17, 15) is 24.4 Å². The summed E-state index contributed by atoms with van der Waals surface area (Å²) < 4.78 is 12.0. The van der Waals surface area contributed by atoms with Gasteiger partial charge in [0.2, 0.25) is 0 Å². The van der Waals surface area contributed by atoms with E-state index in [1.807, 2.05) is 0 Å². The number of nitro benzene ring substituents is 2. The minimum absolute atomic E-state index is 0.0184. The first kappa shape index (κ1) is 16.2. The molecule has 0 aliphatic rings. The number of hydrogen-bond acceptors (Lipinski definition) is 6. The maximum Gasteiger partial charge on any atom is 0.280 e. The number of non-ortho nitro benzene ring substituents is 1. The van der Waals surface area contributed by atoms with E-state index < -0.39 is 20.6 Å². The van der Waals surface area contributed by atoms with E-state index in [1.54, 1.807) is 6.92 Å². The van der Waals surface area contributed by atoms with Gasteiger partial charge in [-0.3, -0.25) is 24.4 Å². The molecule has 2 unspecified atom stereocenters. The van der Waals surface area contributed by atoms with Gasteiger partial charge in [-0.1, -0.05) is 6.92 Å². The van der Waals surface area contributed by atoms with Gasteiger partial charge in [0.1, 0.15) is 0 Å². The largest absolute Gasteiger partial charge is 0.330 e. The van der Waals surface area contributed by atoms with Crippen LogP contribution in [0.3, 0.4) is 0 Å². The van der Waals surface area contributed by atoms with Crippen molar-refractivity contribution in [1.82, 2.24) is 0 Å². The summed E-state index contributed by atoms with van der Waals surface area (Å²) in [5.74, 6) is -0.0184. The summed E-state index contributed by atoms with van der Waals surface area (Å²) in [7, 11) is -1.31. The van der Waals surface area contributed by atoms with Gasteiger partial charge in [-0.05, 0) is 19.0 Å². The Morgan fingerprint density at radius 2 is 1.95 bits per heavy atom. The quantitative estimate of drug-likeness (QED) is 0.599. The molecular formula is C11H15N3O5S. The first-order chi connectivity index (χ1) is 9.36. The molecular weight excluding hydrogens is 286 g/mol. The maximum absolute atomic E-state index is 12.0. The highest BCUT2D eigenvalue weighted by Crippen LogP contribution is 2.26. The van der Waals surface area contributed by atoms with Crippen molar-refractivity contribution in [2.45, 2.75) is 24.3 Å². The van der Waals surface area contributed by atoms with Gasteiger partial charge in [-0.15, -0.1) is 0 Å². The van der Waals surface area contributed by atoms with Gasteiger partial charge < -0.3 is 5.73 Å². The maximum atomic E-state index is 12.0. The van der Waals surface area contributed by atoms with E-state index in [0.717, 1.165) is 6.07 Å². The van der Waals surface area contributed by atoms with Gasteiger partial charge in [0.05, 0.1) is 21.7 Å². The summed E-state index contributed by atoms with van der Waals surface area (Å²) in [6, 6.07) is 3.34. The van der Waals surface area contributed by atoms with Crippen LogP contribution in [0.25, 0.3) is 0 Å². The monoisotopic (exact) mass is 301 g/mol. The number of nitrogens with two attached hydrogens (primary N) is 1. The lowest BCUT2D eigenvalue weighted by atomic mass is 10.2. The fraction of sp³-hybridized carbons (Fsp3) is 0.455. The highest BCUT2D eigenvalue weighted by molar-refractivity contribution is 7.84. The minimum Gasteiger partial charge on any atom is -0.330 e. The molecule has 0 saturated carbocycles. The average molecular weight is 301 g/mol. The minimum atomic E-state index is -1.31. The van der Waals surface area contributed by atoms with Crippen LogP contribution in [0.5, 0.6) is 0 Å². The molecule has 0 amide bonds. The number of nitrogens with zero attached hydrogens (tertiary/aromatic N) is 2. The van der Waals surface area contributed by atoms with E-state index in [2.05, 4.69) is 0 Å². The molecule has 0 aliphatic heterocycles. The number of rotatable bonds is 7. The first-order valence-electron chi connectivity index (χ1n) is 5.85. The molecule has 0 bridgehead atoms. The normalized spacial score (nSPS) is 13.7. The molecule has 20 heavy (non-hydrogen) atoms. The fourth-order valence-corrected chi connectivity index (χ4v) is 2.85. The van der Waals surface area contributed by atoms with Crippen molar-refractivity contribution >= 4 is 22.2 Å². The third kappa shape index (κ3) is 4.07. The van der Waals surface area contributed by atoms with E-state index in [-0.39, 0.29) is 27.9 Å². The van der Waals surface area contributed by atoms with Crippen LogP contribution in [0.4, 0.5) is 11.4 Å². The lowest BCUT2D eigenvalue weighted by molar-refractivity contribution is -0.394. The highest BCUT2D eigenvalue weighted by Gasteiger charge is 2.22. The molecule has 0 radical (unpaired) electrons. The van der Waals surface area contributed by atoms with Gasteiger partial charge in [-0.2, -0.15) is 0 Å². The van der Waals surface area contributed by atoms with Crippen LogP contribution in [-0.2, 0) is 16.6 Å². The molecule has 0 spiro atoms. The van der Waals surface area contributed by atoms with Crippen LogP contribution >= 0.6 is 0 Å². The zero-order valence-electron chi connectivity index (χ0n) is 10.9. The van der Waals surface area contributed by atoms with E-state index in [0.29, 0.717) is 13.0 Å². The van der Waals surface area contributed by atoms with Gasteiger partial charge in [0.25, 0.3) is 11.4 Å². The smallest absolute Gasteiger partial charge is 0.280 e. The summed E-state index contributed by atoms with van der Waals surface area (Å²) >= 11 is 0. The summed E-state index contributed by atoms with van der Waals surface area (Å²) in [6.07, 6.45) is 0.549. The second-order valence-corrected chi connectivity index (χ2v) is 6.10. The Kier molecular flexibility index (Phi) is 5.71. The standard InChI is InChI=1S/C11H15N3O5S/c1-8(4-5-12)20(19)7-9-2-3-10(13(15)16)6-11(9)14(17)18/h2-3,6,8H,4-5,7,12H2,1H3. The number of nitro groups is 2. The summed E-state index contributed by atoms with van der Waals surface area (Å²) in [6.45, 7) is 2.13. The van der Waals surface area contributed by atoms with Crippen molar-refractivity contribution in [3.8, 4) is 0 Å². The Bertz CT molecular complexity index is 549. The van der Waals surface area contributed by atoms with Crippen LogP contribution in [0.1, 0.15) is 18.9 Å².